The summed E-state index contributed by atoms with van der Waals surface area (Å²) in [4.78, 5) is 24.3. The summed E-state index contributed by atoms with van der Waals surface area (Å²) in [6, 6.07) is -0.313. The van der Waals surface area contributed by atoms with Crippen LogP contribution in [0, 0.1) is 0 Å². The van der Waals surface area contributed by atoms with Gasteiger partial charge in [-0.15, -0.1) is 0 Å². The normalized spacial score (nSPS) is 20.7. The van der Waals surface area contributed by atoms with Gasteiger partial charge in [0.1, 0.15) is 6.04 Å². The summed E-state index contributed by atoms with van der Waals surface area (Å²) in [5, 5.41) is 5.54. The minimum Gasteiger partial charge on any atom is -0.353 e. The number of piperazine rings is 1. The molecule has 2 N–H and O–H groups in total. The van der Waals surface area contributed by atoms with Crippen LogP contribution in [0.5, 0.6) is 0 Å². The molecule has 0 radical (unpaired) electrons. The quantitative estimate of drug-likeness (QED) is 0.595. The smallest absolute Gasteiger partial charge is 0.241 e. The van der Waals surface area contributed by atoms with Crippen LogP contribution < -0.4 is 10.6 Å². The van der Waals surface area contributed by atoms with Gasteiger partial charge in [0.15, 0.2) is 0 Å². The average Bonchev–Trinajstić information content (AvgIpc) is 2.17. The number of hydrogen-bond acceptors (Lipinski definition) is 3. The third kappa shape index (κ3) is 3.36. The maximum atomic E-state index is 11.8. The van der Waals surface area contributed by atoms with Crippen LogP contribution in [0.4, 0.5) is 0 Å². The van der Waals surface area contributed by atoms with E-state index < -0.39 is 0 Å². The van der Waals surface area contributed by atoms with Gasteiger partial charge >= 0.3 is 0 Å². The lowest BCUT2D eigenvalue weighted by Crippen LogP contribution is -2.58. The van der Waals surface area contributed by atoms with E-state index >= 15 is 0 Å². The van der Waals surface area contributed by atoms with E-state index in [1.807, 2.05) is 6.92 Å². The van der Waals surface area contributed by atoms with Crippen LogP contribution in [0.1, 0.15) is 6.92 Å². The molecule has 1 unspecified atom stereocenters. The van der Waals surface area contributed by atoms with Crippen LogP contribution >= 0.6 is 0 Å². The van der Waals surface area contributed by atoms with E-state index in [0.717, 1.165) is 5.57 Å². The van der Waals surface area contributed by atoms with E-state index in [2.05, 4.69) is 17.2 Å². The standard InChI is InChI=1S/C10H17N3O2/c1-7(2)6-13(3)10(15)8-4-12-9(14)5-11-8/h8,11H,1,4-6H2,2-3H3,(H,12,14). The Kier molecular flexibility index (Phi) is 3.85. The van der Waals surface area contributed by atoms with Gasteiger partial charge in [-0.3, -0.25) is 14.9 Å². The van der Waals surface area contributed by atoms with Crippen molar-refractivity contribution in [3.05, 3.63) is 12.2 Å². The molecule has 0 aromatic rings. The van der Waals surface area contributed by atoms with Crippen LogP contribution in [0.3, 0.4) is 0 Å². The zero-order valence-electron chi connectivity index (χ0n) is 9.17. The third-order valence-corrected chi connectivity index (χ3v) is 2.19. The highest BCUT2D eigenvalue weighted by molar-refractivity contribution is 5.86. The minimum atomic E-state index is -0.313. The lowest BCUT2D eigenvalue weighted by atomic mass is 10.2. The van der Waals surface area contributed by atoms with E-state index in [-0.39, 0.29) is 24.4 Å². The van der Waals surface area contributed by atoms with Crippen molar-refractivity contribution in [2.45, 2.75) is 13.0 Å². The van der Waals surface area contributed by atoms with E-state index in [1.165, 1.54) is 0 Å². The first-order valence-electron chi connectivity index (χ1n) is 4.90. The van der Waals surface area contributed by atoms with Crippen molar-refractivity contribution in [3.8, 4) is 0 Å². The lowest BCUT2D eigenvalue weighted by molar-refractivity contribution is -0.133. The van der Waals surface area contributed by atoms with Crippen molar-refractivity contribution in [2.75, 3.05) is 26.7 Å². The second-order valence-corrected chi connectivity index (χ2v) is 3.89. The summed E-state index contributed by atoms with van der Waals surface area (Å²) in [6.07, 6.45) is 0. The Morgan fingerprint density at radius 1 is 1.67 bits per heavy atom. The largest absolute Gasteiger partial charge is 0.353 e. The van der Waals surface area contributed by atoms with Gasteiger partial charge < -0.3 is 10.2 Å². The topological polar surface area (TPSA) is 61.4 Å². The van der Waals surface area contributed by atoms with E-state index in [0.29, 0.717) is 13.1 Å². The Morgan fingerprint density at radius 2 is 2.33 bits per heavy atom. The Labute approximate surface area is 89.5 Å². The summed E-state index contributed by atoms with van der Waals surface area (Å²) in [6.45, 7) is 6.74. The molecule has 1 heterocycles. The highest BCUT2D eigenvalue weighted by atomic mass is 16.2. The number of rotatable bonds is 3. The molecule has 1 saturated heterocycles. The molecule has 15 heavy (non-hydrogen) atoms. The predicted octanol–water partition coefficient (Wildman–Crippen LogP) is -0.891. The number of carbonyl (C=O) groups excluding carboxylic acids is 2. The highest BCUT2D eigenvalue weighted by Crippen LogP contribution is 1.98. The van der Waals surface area contributed by atoms with Crippen LogP contribution in [0.15, 0.2) is 12.2 Å². The first kappa shape index (κ1) is 11.7. The first-order valence-corrected chi connectivity index (χ1v) is 4.90. The molecule has 0 spiro atoms. The molecule has 84 valence electrons. The molecule has 1 fully saturated rings. The average molecular weight is 211 g/mol. The van der Waals surface area contributed by atoms with Crippen molar-refractivity contribution in [1.29, 1.82) is 0 Å². The molecule has 1 rings (SSSR count). The Morgan fingerprint density at radius 3 is 2.80 bits per heavy atom. The number of hydrogen-bond donors (Lipinski definition) is 2. The van der Waals surface area contributed by atoms with Gasteiger partial charge in [0.05, 0.1) is 6.54 Å². The molecule has 5 heteroatoms. The third-order valence-electron chi connectivity index (χ3n) is 2.19. The maximum Gasteiger partial charge on any atom is 0.241 e. The number of nitrogens with one attached hydrogen (secondary N) is 2. The van der Waals surface area contributed by atoms with Crippen LogP contribution in [0.2, 0.25) is 0 Å². The summed E-state index contributed by atoms with van der Waals surface area (Å²) in [5.74, 6) is -0.0837. The molecule has 0 aromatic carbocycles. The van der Waals surface area contributed by atoms with Gasteiger partial charge in [0.25, 0.3) is 0 Å². The van der Waals surface area contributed by atoms with Gasteiger partial charge in [0, 0.05) is 20.1 Å². The summed E-state index contributed by atoms with van der Waals surface area (Å²) in [5.41, 5.74) is 0.936. The van der Waals surface area contributed by atoms with Crippen LogP contribution in [-0.2, 0) is 9.59 Å². The SMILES string of the molecule is C=C(C)CN(C)C(=O)C1CNC(=O)CN1. The lowest BCUT2D eigenvalue weighted by Gasteiger charge is -2.27. The van der Waals surface area contributed by atoms with Gasteiger partial charge in [-0.25, -0.2) is 0 Å². The van der Waals surface area contributed by atoms with E-state index in [9.17, 15) is 9.59 Å². The first-order chi connectivity index (χ1) is 7.00. The summed E-state index contributed by atoms with van der Waals surface area (Å²) in [7, 11) is 1.73. The fourth-order valence-corrected chi connectivity index (χ4v) is 1.49. The molecule has 2 amide bonds. The molecule has 0 bridgehead atoms. The fraction of sp³-hybridized carbons (Fsp3) is 0.600. The molecule has 1 aliphatic rings. The highest BCUT2D eigenvalue weighted by Gasteiger charge is 2.25. The van der Waals surface area contributed by atoms with Crippen molar-refractivity contribution < 1.29 is 9.59 Å². The molecule has 0 saturated carbocycles. The molecular weight excluding hydrogens is 194 g/mol. The molecule has 0 aliphatic carbocycles. The minimum absolute atomic E-state index is 0.0157. The van der Waals surface area contributed by atoms with Crippen molar-refractivity contribution in [1.82, 2.24) is 15.5 Å². The monoisotopic (exact) mass is 211 g/mol. The van der Waals surface area contributed by atoms with Crippen LogP contribution in [-0.4, -0.2) is 49.4 Å². The number of likely N-dealkylation sites (N-methyl/N-ethyl adjacent to an activating group) is 1. The van der Waals surface area contributed by atoms with Gasteiger partial charge in [-0.1, -0.05) is 12.2 Å². The van der Waals surface area contributed by atoms with Gasteiger partial charge in [-0.05, 0) is 6.92 Å². The Balaban J connectivity index is 2.46. The zero-order valence-corrected chi connectivity index (χ0v) is 9.17. The zero-order chi connectivity index (χ0) is 11.4. The van der Waals surface area contributed by atoms with E-state index in [1.54, 1.807) is 11.9 Å². The molecular formula is C10H17N3O2. The van der Waals surface area contributed by atoms with E-state index in [4.69, 9.17) is 0 Å². The number of nitrogens with zero attached hydrogens (tertiary/aromatic N) is 1. The molecule has 5 nitrogen and oxygen atoms in total. The van der Waals surface area contributed by atoms with Crippen molar-refractivity contribution in [2.24, 2.45) is 0 Å². The number of carbonyl (C=O) groups is 2. The predicted molar refractivity (Wildman–Crippen MR) is 57.3 cm³/mol. The molecule has 0 aromatic heterocycles. The second kappa shape index (κ2) is 4.93. The van der Waals surface area contributed by atoms with Crippen molar-refractivity contribution in [3.63, 3.8) is 0 Å². The fourth-order valence-electron chi connectivity index (χ4n) is 1.49. The molecule has 1 aliphatic heterocycles. The maximum absolute atomic E-state index is 11.8. The van der Waals surface area contributed by atoms with Gasteiger partial charge in [0.2, 0.25) is 11.8 Å². The van der Waals surface area contributed by atoms with Gasteiger partial charge in [-0.2, -0.15) is 0 Å². The second-order valence-electron chi connectivity index (χ2n) is 3.89. The Hall–Kier alpha value is -1.36. The summed E-state index contributed by atoms with van der Waals surface area (Å²) < 4.78 is 0. The number of amides is 2. The molecule has 1 atom stereocenters. The summed E-state index contributed by atoms with van der Waals surface area (Å²) >= 11 is 0. The Bertz CT molecular complexity index is 278. The van der Waals surface area contributed by atoms with Crippen molar-refractivity contribution >= 4 is 11.8 Å². The van der Waals surface area contributed by atoms with Crippen LogP contribution in [0.25, 0.3) is 0 Å².